The van der Waals surface area contributed by atoms with Crippen LogP contribution in [0.5, 0.6) is 0 Å². The van der Waals surface area contributed by atoms with Crippen LogP contribution in [-0.4, -0.2) is 70.7 Å². The summed E-state index contributed by atoms with van der Waals surface area (Å²) in [7, 11) is -1.08. The zero-order valence-electron chi connectivity index (χ0n) is 24.6. The number of rotatable bonds is 6. The lowest BCUT2D eigenvalue weighted by molar-refractivity contribution is 0.0733. The average molecular weight is 573 g/mol. The first-order chi connectivity index (χ1) is 19.5. The molecule has 3 heterocycles. The fourth-order valence-corrected chi connectivity index (χ4v) is 11.3. The van der Waals surface area contributed by atoms with Crippen LogP contribution in [0.15, 0.2) is 73.3 Å². The molecule has 9 heteroatoms. The minimum atomic E-state index is -2.88. The van der Waals surface area contributed by atoms with Crippen molar-refractivity contribution in [3.63, 3.8) is 0 Å². The molecular formula is C32H40N4O4Si. The van der Waals surface area contributed by atoms with Gasteiger partial charge in [0.1, 0.15) is 5.69 Å². The Bertz CT molecular complexity index is 1390. The van der Waals surface area contributed by atoms with Crippen LogP contribution in [-0.2, 0) is 23.9 Å². The van der Waals surface area contributed by atoms with Gasteiger partial charge in [-0.25, -0.2) is 4.79 Å². The van der Waals surface area contributed by atoms with Crippen molar-refractivity contribution in [3.8, 4) is 0 Å². The Morgan fingerprint density at radius 3 is 2.20 bits per heavy atom. The second-order valence-electron chi connectivity index (χ2n) is 12.3. The summed E-state index contributed by atoms with van der Waals surface area (Å²) in [5.74, 6) is -0.256. The van der Waals surface area contributed by atoms with Gasteiger partial charge in [-0.15, -0.1) is 6.58 Å². The summed E-state index contributed by atoms with van der Waals surface area (Å²) in [6, 6.07) is 20.8. The van der Waals surface area contributed by atoms with Crippen LogP contribution >= 0.6 is 0 Å². The largest absolute Gasteiger partial charge is 0.465 e. The van der Waals surface area contributed by atoms with Crippen LogP contribution in [0.3, 0.4) is 0 Å². The molecule has 216 valence electrons. The second-order valence-corrected chi connectivity index (χ2v) is 16.6. The number of carbonyl (C=O) groups is 2. The third-order valence-corrected chi connectivity index (χ3v) is 13.7. The molecule has 2 amide bonds. The number of aromatic nitrogens is 2. The zero-order chi connectivity index (χ0) is 29.5. The molecule has 2 aliphatic heterocycles. The van der Waals surface area contributed by atoms with Crippen molar-refractivity contribution >= 4 is 30.7 Å². The Hall–Kier alpha value is -3.69. The molecule has 0 radical (unpaired) electrons. The summed E-state index contributed by atoms with van der Waals surface area (Å²) in [5.41, 5.74) is 2.00. The van der Waals surface area contributed by atoms with Gasteiger partial charge in [0.25, 0.3) is 14.2 Å². The predicted octanol–water partition coefficient (Wildman–Crippen LogP) is 4.14. The molecule has 5 rings (SSSR count). The lowest BCUT2D eigenvalue weighted by atomic mass is 9.99. The van der Waals surface area contributed by atoms with Gasteiger partial charge >= 0.3 is 6.09 Å². The number of benzene rings is 2. The topological polar surface area (TPSA) is 87.9 Å². The van der Waals surface area contributed by atoms with Gasteiger partial charge in [0.15, 0.2) is 0 Å². The molecule has 0 saturated carbocycles. The van der Waals surface area contributed by atoms with Crippen molar-refractivity contribution in [3.05, 3.63) is 90.3 Å². The zero-order valence-corrected chi connectivity index (χ0v) is 25.6. The third kappa shape index (κ3) is 5.02. The van der Waals surface area contributed by atoms with Crippen molar-refractivity contribution in [2.24, 2.45) is 5.92 Å². The maximum Gasteiger partial charge on any atom is 0.407 e. The number of amides is 2. The van der Waals surface area contributed by atoms with Crippen LogP contribution in [0.25, 0.3) is 0 Å². The number of fused-ring (bicyclic) bond motifs is 3. The Labute approximate surface area is 243 Å². The van der Waals surface area contributed by atoms with Crippen LogP contribution in [0, 0.1) is 5.92 Å². The molecule has 2 aliphatic rings. The normalized spacial score (nSPS) is 20.2. The Morgan fingerprint density at radius 1 is 1.10 bits per heavy atom. The Balaban J connectivity index is 1.58. The molecule has 3 aromatic rings. The molecule has 8 nitrogen and oxygen atoms in total. The van der Waals surface area contributed by atoms with Crippen LogP contribution in [0.4, 0.5) is 4.79 Å². The molecular weight excluding hydrogens is 532 g/mol. The summed E-state index contributed by atoms with van der Waals surface area (Å²) >= 11 is 0. The van der Waals surface area contributed by atoms with E-state index in [2.05, 4.69) is 75.9 Å². The monoisotopic (exact) mass is 572 g/mol. The molecule has 0 aliphatic carbocycles. The molecule has 0 bridgehead atoms. The van der Waals surface area contributed by atoms with Gasteiger partial charge in [-0.3, -0.25) is 9.48 Å². The van der Waals surface area contributed by atoms with Crippen molar-refractivity contribution in [2.45, 2.75) is 64.4 Å². The molecule has 41 heavy (non-hydrogen) atoms. The van der Waals surface area contributed by atoms with Gasteiger partial charge in [-0.1, -0.05) is 87.5 Å². The quantitative estimate of drug-likeness (QED) is 0.354. The lowest BCUT2D eigenvalue weighted by Crippen LogP contribution is -2.68. The molecule has 0 unspecified atom stereocenters. The van der Waals surface area contributed by atoms with E-state index in [0.717, 1.165) is 5.69 Å². The van der Waals surface area contributed by atoms with Gasteiger partial charge in [0.05, 0.1) is 18.3 Å². The number of carbonyl (C=O) groups excluding carboxylic acids is 1. The second kappa shape index (κ2) is 10.9. The van der Waals surface area contributed by atoms with Gasteiger partial charge < -0.3 is 19.3 Å². The van der Waals surface area contributed by atoms with Crippen molar-refractivity contribution in [2.75, 3.05) is 13.6 Å². The highest BCUT2D eigenvalue weighted by Crippen LogP contribution is 2.39. The van der Waals surface area contributed by atoms with Gasteiger partial charge in [-0.05, 0) is 22.3 Å². The average Bonchev–Trinajstić information content (AvgIpc) is 3.23. The maximum absolute atomic E-state index is 13.7. The highest BCUT2D eigenvalue weighted by molar-refractivity contribution is 6.99. The summed E-state index contributed by atoms with van der Waals surface area (Å²) in [5, 5.41) is 16.8. The SMILES string of the molecule is C=C[C@@H](O[Si](c1ccccc1)(c1ccccc1)C(C)(C)C)[C@H]1CN(C)C(=O)c2c3c(nn2C1)C[C@@H](C)N(C(=O)O)C3. The van der Waals surface area contributed by atoms with E-state index in [1.54, 1.807) is 16.6 Å². The molecule has 1 N–H and O–H groups in total. The molecule has 0 spiro atoms. The van der Waals surface area contributed by atoms with E-state index >= 15 is 0 Å². The van der Waals surface area contributed by atoms with Crippen LogP contribution in [0.1, 0.15) is 49.4 Å². The van der Waals surface area contributed by atoms with Crippen molar-refractivity contribution < 1.29 is 19.1 Å². The van der Waals surface area contributed by atoms with Crippen molar-refractivity contribution in [1.82, 2.24) is 19.6 Å². The third-order valence-electron chi connectivity index (χ3n) is 8.62. The van der Waals surface area contributed by atoms with Crippen molar-refractivity contribution in [1.29, 1.82) is 0 Å². The molecule has 0 saturated heterocycles. The first-order valence-corrected chi connectivity index (χ1v) is 16.1. The first-order valence-electron chi connectivity index (χ1n) is 14.2. The summed E-state index contributed by atoms with van der Waals surface area (Å²) in [4.78, 5) is 28.7. The van der Waals surface area contributed by atoms with Crippen LogP contribution < -0.4 is 10.4 Å². The van der Waals surface area contributed by atoms with E-state index in [9.17, 15) is 14.7 Å². The standard InChI is InChI=1S/C32H40N4O4Si/c1-7-28(40-41(32(3,4)5,24-14-10-8-11-15-24)25-16-12-9-13-17-25)23-19-34(6)30(37)29-26-21-35(31(38)39)22(2)18-27(26)33-36(29)20-23/h7-17,22-23,28H,1,18-21H2,2-6H3,(H,38,39)/t22-,23+,28-/m1/s1. The fourth-order valence-electron chi connectivity index (χ4n) is 6.56. The first kappa shape index (κ1) is 28.8. The smallest absolute Gasteiger partial charge is 0.407 e. The van der Waals surface area contributed by atoms with Gasteiger partial charge in [0.2, 0.25) is 0 Å². The maximum atomic E-state index is 13.7. The van der Waals surface area contributed by atoms with E-state index in [1.807, 2.05) is 25.1 Å². The summed E-state index contributed by atoms with van der Waals surface area (Å²) < 4.78 is 9.24. The fraction of sp³-hybridized carbons (Fsp3) is 0.406. The summed E-state index contributed by atoms with van der Waals surface area (Å²) in [6.45, 7) is 13.9. The summed E-state index contributed by atoms with van der Waals surface area (Å²) in [6.07, 6.45) is 1.01. The highest BCUT2D eigenvalue weighted by Gasteiger charge is 2.52. The predicted molar refractivity (Wildman–Crippen MR) is 162 cm³/mol. The molecule has 0 fully saturated rings. The number of nitrogens with zero attached hydrogens (tertiary/aromatic N) is 4. The number of hydrogen-bond donors (Lipinski definition) is 1. The minimum absolute atomic E-state index is 0.112. The van der Waals surface area contributed by atoms with Crippen LogP contribution in [0.2, 0.25) is 5.04 Å². The number of carboxylic acid groups (broad SMARTS) is 1. The Morgan fingerprint density at radius 2 is 1.68 bits per heavy atom. The minimum Gasteiger partial charge on any atom is -0.465 e. The molecule has 3 atom stereocenters. The van der Waals surface area contributed by atoms with E-state index < -0.39 is 14.4 Å². The van der Waals surface area contributed by atoms with E-state index in [0.29, 0.717) is 30.8 Å². The molecule has 1 aromatic heterocycles. The van der Waals surface area contributed by atoms with E-state index in [1.165, 1.54) is 15.3 Å². The van der Waals surface area contributed by atoms with E-state index in [4.69, 9.17) is 9.52 Å². The highest BCUT2D eigenvalue weighted by atomic mass is 28.4. The molecule has 2 aromatic carbocycles. The lowest BCUT2D eigenvalue weighted by Gasteiger charge is -2.46. The number of hydrogen-bond acceptors (Lipinski definition) is 4. The van der Waals surface area contributed by atoms with E-state index in [-0.39, 0.29) is 35.6 Å². The van der Waals surface area contributed by atoms with Gasteiger partial charge in [-0.2, -0.15) is 5.10 Å². The van der Waals surface area contributed by atoms with Gasteiger partial charge in [0, 0.05) is 44.1 Å². The Kier molecular flexibility index (Phi) is 7.69.